The average molecular weight is 212 g/mol. The molecule has 0 fully saturated rings. The highest BCUT2D eigenvalue weighted by molar-refractivity contribution is 4.92. The Morgan fingerprint density at radius 2 is 1.33 bits per heavy atom. The van der Waals surface area contributed by atoms with E-state index in [4.69, 9.17) is 0 Å². The Hall–Kier alpha value is -0.520. The van der Waals surface area contributed by atoms with Gasteiger partial charge in [0, 0.05) is 0 Å². The summed E-state index contributed by atoms with van der Waals surface area (Å²) in [4.78, 5) is 0. The second-order valence-corrected chi connectivity index (χ2v) is 3.33. The summed E-state index contributed by atoms with van der Waals surface area (Å²) >= 11 is 0. The van der Waals surface area contributed by atoms with Gasteiger partial charge in [-0.05, 0) is 19.3 Å². The topological polar surface area (TPSA) is 0 Å². The summed E-state index contributed by atoms with van der Waals surface area (Å²) in [6.07, 6.45) is 9.24. The molecular weight excluding hydrogens is 180 g/mol. The monoisotopic (exact) mass is 212 g/mol. The van der Waals surface area contributed by atoms with E-state index in [1.807, 2.05) is 19.9 Å². The van der Waals surface area contributed by atoms with E-state index in [2.05, 4.69) is 33.9 Å². The van der Waals surface area contributed by atoms with E-state index >= 15 is 0 Å². The summed E-state index contributed by atoms with van der Waals surface area (Å²) in [5.41, 5.74) is 1.41. The molecule has 15 heavy (non-hydrogen) atoms. The number of hydrogen-bond acceptors (Lipinski definition) is 0. The second kappa shape index (κ2) is 23.4. The van der Waals surface area contributed by atoms with Gasteiger partial charge in [0.25, 0.3) is 0 Å². The normalized spacial score (nSPS) is 7.80. The van der Waals surface area contributed by atoms with E-state index < -0.39 is 0 Å². The lowest BCUT2D eigenvalue weighted by atomic mass is 10.1. The van der Waals surface area contributed by atoms with Crippen molar-refractivity contribution in [3.05, 3.63) is 24.8 Å². The molecule has 0 nitrogen and oxygen atoms in total. The number of rotatable bonds is 6. The van der Waals surface area contributed by atoms with Gasteiger partial charge in [-0.2, -0.15) is 0 Å². The van der Waals surface area contributed by atoms with Gasteiger partial charge < -0.3 is 0 Å². The molecule has 0 aromatic heterocycles. The molecule has 0 heteroatoms. The van der Waals surface area contributed by atoms with Crippen molar-refractivity contribution in [2.45, 2.75) is 73.1 Å². The van der Waals surface area contributed by atoms with Crippen molar-refractivity contribution in [3.8, 4) is 0 Å². The molecule has 92 valence electrons. The van der Waals surface area contributed by atoms with Crippen molar-refractivity contribution in [1.82, 2.24) is 0 Å². The van der Waals surface area contributed by atoms with Crippen molar-refractivity contribution >= 4 is 0 Å². The van der Waals surface area contributed by atoms with Crippen molar-refractivity contribution in [2.75, 3.05) is 0 Å². The molecule has 0 N–H and O–H groups in total. The van der Waals surface area contributed by atoms with Crippen LogP contribution in [0.15, 0.2) is 24.8 Å². The molecule has 0 unspecified atom stereocenters. The first-order valence-corrected chi connectivity index (χ1v) is 6.50. The first-order valence-electron chi connectivity index (χ1n) is 6.50. The minimum absolute atomic E-state index is 1.15. The molecule has 0 radical (unpaired) electrons. The van der Waals surface area contributed by atoms with E-state index in [1.54, 1.807) is 0 Å². The number of unbranched alkanes of at least 4 members (excludes halogenated alkanes) is 1. The van der Waals surface area contributed by atoms with Gasteiger partial charge in [-0.1, -0.05) is 72.1 Å². The van der Waals surface area contributed by atoms with Gasteiger partial charge in [0.1, 0.15) is 0 Å². The fraction of sp³-hybridized carbons (Fsp3) is 0.733. The minimum Gasteiger partial charge on any atom is -0.103 e. The zero-order valence-corrected chi connectivity index (χ0v) is 11.7. The van der Waals surface area contributed by atoms with Crippen LogP contribution in [0.25, 0.3) is 0 Å². The maximum absolute atomic E-state index is 3.93. The van der Waals surface area contributed by atoms with Gasteiger partial charge in [-0.3, -0.25) is 0 Å². The highest BCUT2D eigenvalue weighted by atomic mass is 13.9. The highest BCUT2D eigenvalue weighted by Crippen LogP contribution is 2.07. The predicted molar refractivity (Wildman–Crippen MR) is 75.4 cm³/mol. The fourth-order valence-electron chi connectivity index (χ4n) is 1.04. The molecule has 0 rings (SSSR count). The third-order valence-electron chi connectivity index (χ3n) is 1.70. The Kier molecular flexibility index (Phi) is 31.1. The zero-order chi connectivity index (χ0) is 12.5. The van der Waals surface area contributed by atoms with Gasteiger partial charge in [-0.15, -0.1) is 6.58 Å². The lowest BCUT2D eigenvalue weighted by Gasteiger charge is -1.97. The quantitative estimate of drug-likeness (QED) is 0.464. The highest BCUT2D eigenvalue weighted by Gasteiger charge is 1.87. The van der Waals surface area contributed by atoms with E-state index in [-0.39, 0.29) is 0 Å². The SMILES string of the molecule is C=C(CCC)CCC.C=CCCC.CC. The Bertz CT molecular complexity index is 103. The summed E-state index contributed by atoms with van der Waals surface area (Å²) in [5.74, 6) is 0. The molecule has 0 heterocycles. The third kappa shape index (κ3) is 31.8. The second-order valence-electron chi connectivity index (χ2n) is 3.33. The maximum atomic E-state index is 3.93. The molecule has 0 aliphatic rings. The Morgan fingerprint density at radius 3 is 1.47 bits per heavy atom. The Morgan fingerprint density at radius 1 is 0.933 bits per heavy atom. The molecule has 0 saturated carbocycles. The standard InChI is InChI=1S/C8H16.C5H10.C2H6/c1-4-6-8(3)7-5-2;1-3-5-4-2;1-2/h3-7H2,1-2H3;3H,1,4-5H2,2H3;1-2H3. The lowest BCUT2D eigenvalue weighted by molar-refractivity contribution is 0.807. The molecule has 0 aliphatic carbocycles. The molecule has 0 bridgehead atoms. The molecule has 0 amide bonds. The largest absolute Gasteiger partial charge is 0.103 e. The van der Waals surface area contributed by atoms with Crippen LogP contribution in [0.2, 0.25) is 0 Å². The van der Waals surface area contributed by atoms with Crippen LogP contribution >= 0.6 is 0 Å². The smallest absolute Gasteiger partial charge is 0.0326 e. The number of hydrogen-bond donors (Lipinski definition) is 0. The van der Waals surface area contributed by atoms with Crippen LogP contribution in [0.3, 0.4) is 0 Å². The molecule has 0 atom stereocenters. The fourth-order valence-corrected chi connectivity index (χ4v) is 1.04. The molecule has 0 spiro atoms. The van der Waals surface area contributed by atoms with Crippen LogP contribution < -0.4 is 0 Å². The van der Waals surface area contributed by atoms with Gasteiger partial charge in [0.2, 0.25) is 0 Å². The summed E-state index contributed by atoms with van der Waals surface area (Å²) in [6.45, 7) is 18.0. The molecule has 0 saturated heterocycles. The lowest BCUT2D eigenvalue weighted by Crippen LogP contribution is -1.77. The van der Waals surface area contributed by atoms with Crippen LogP contribution in [0, 0.1) is 0 Å². The first-order chi connectivity index (χ1) is 7.22. The van der Waals surface area contributed by atoms with E-state index in [9.17, 15) is 0 Å². The van der Waals surface area contributed by atoms with Gasteiger partial charge in [0.15, 0.2) is 0 Å². The predicted octanol–water partition coefficient (Wildman–Crippen LogP) is 6.14. The van der Waals surface area contributed by atoms with Crippen LogP contribution in [-0.2, 0) is 0 Å². The first kappa shape index (κ1) is 20.0. The van der Waals surface area contributed by atoms with Crippen molar-refractivity contribution < 1.29 is 0 Å². The maximum Gasteiger partial charge on any atom is -0.0326 e. The van der Waals surface area contributed by atoms with E-state index in [1.165, 1.54) is 37.7 Å². The van der Waals surface area contributed by atoms with Crippen LogP contribution in [0.5, 0.6) is 0 Å². The zero-order valence-electron chi connectivity index (χ0n) is 11.7. The van der Waals surface area contributed by atoms with Gasteiger partial charge in [-0.25, -0.2) is 0 Å². The van der Waals surface area contributed by atoms with Gasteiger partial charge >= 0.3 is 0 Å². The van der Waals surface area contributed by atoms with Crippen LogP contribution in [-0.4, -0.2) is 0 Å². The van der Waals surface area contributed by atoms with Crippen LogP contribution in [0.4, 0.5) is 0 Å². The summed E-state index contributed by atoms with van der Waals surface area (Å²) in [5, 5.41) is 0. The summed E-state index contributed by atoms with van der Waals surface area (Å²) in [7, 11) is 0. The Balaban J connectivity index is -0.000000177. The van der Waals surface area contributed by atoms with Crippen molar-refractivity contribution in [3.63, 3.8) is 0 Å². The van der Waals surface area contributed by atoms with Crippen LogP contribution in [0.1, 0.15) is 73.1 Å². The minimum atomic E-state index is 1.15. The Labute approximate surface area is 98.5 Å². The molecule has 0 aliphatic heterocycles. The average Bonchev–Trinajstić information content (AvgIpc) is 2.24. The van der Waals surface area contributed by atoms with Gasteiger partial charge in [0.05, 0.1) is 0 Å². The molecular formula is C15H32. The van der Waals surface area contributed by atoms with E-state index in [0.717, 1.165) is 6.42 Å². The summed E-state index contributed by atoms with van der Waals surface area (Å²) in [6, 6.07) is 0. The number of allylic oxidation sites excluding steroid dienone is 2. The molecule has 0 aromatic carbocycles. The molecule has 0 aromatic rings. The van der Waals surface area contributed by atoms with E-state index in [0.29, 0.717) is 0 Å². The van der Waals surface area contributed by atoms with Crippen molar-refractivity contribution in [2.24, 2.45) is 0 Å². The third-order valence-corrected chi connectivity index (χ3v) is 1.70. The summed E-state index contributed by atoms with van der Waals surface area (Å²) < 4.78 is 0. The van der Waals surface area contributed by atoms with Crippen molar-refractivity contribution in [1.29, 1.82) is 0 Å².